The van der Waals surface area contributed by atoms with Crippen LogP contribution in [0.4, 0.5) is 0 Å². The highest BCUT2D eigenvalue weighted by atomic mass is 16.5. The molecule has 0 aliphatic heterocycles. The lowest BCUT2D eigenvalue weighted by Crippen LogP contribution is -2.27. The Bertz CT molecular complexity index is 446. The summed E-state index contributed by atoms with van der Waals surface area (Å²) in [7, 11) is 0. The number of rotatable bonds is 3. The van der Waals surface area contributed by atoms with Gasteiger partial charge in [-0.1, -0.05) is 5.16 Å². The van der Waals surface area contributed by atoms with Gasteiger partial charge in [-0.3, -0.25) is 0 Å². The molecule has 0 saturated heterocycles. The van der Waals surface area contributed by atoms with Crippen LogP contribution in [0.1, 0.15) is 31.4 Å². The van der Waals surface area contributed by atoms with E-state index in [1.165, 1.54) is 0 Å². The van der Waals surface area contributed by atoms with E-state index in [-0.39, 0.29) is 6.61 Å². The first-order chi connectivity index (χ1) is 7.99. The number of hydrogen-bond acceptors (Lipinski definition) is 4. The van der Waals surface area contributed by atoms with Crippen molar-refractivity contribution in [1.29, 1.82) is 0 Å². The molecule has 0 radical (unpaired) electrons. The van der Waals surface area contributed by atoms with Crippen molar-refractivity contribution in [3.63, 3.8) is 0 Å². The summed E-state index contributed by atoms with van der Waals surface area (Å²) < 4.78 is 5.51. The molecule has 0 heterocycles. The highest BCUT2D eigenvalue weighted by Crippen LogP contribution is 2.27. The lowest BCUT2D eigenvalue weighted by Gasteiger charge is -2.18. The van der Waals surface area contributed by atoms with Crippen LogP contribution in [0.3, 0.4) is 0 Å². The van der Waals surface area contributed by atoms with Gasteiger partial charge in [-0.05, 0) is 50.5 Å². The fourth-order valence-corrected chi connectivity index (χ4v) is 1.90. The molecular weight excluding hydrogens is 218 g/mol. The van der Waals surface area contributed by atoms with E-state index in [0.29, 0.717) is 0 Å². The van der Waals surface area contributed by atoms with E-state index < -0.39 is 5.60 Å². The SMILES string of the molecule is CC(C)(O)COc1ccc2c(c1)CC/C2=N\O. The molecule has 1 aromatic rings. The minimum atomic E-state index is -0.837. The summed E-state index contributed by atoms with van der Waals surface area (Å²) in [4.78, 5) is 0. The number of fused-ring (bicyclic) bond motifs is 1. The molecule has 0 fully saturated rings. The molecule has 0 bridgehead atoms. The van der Waals surface area contributed by atoms with Crippen LogP contribution < -0.4 is 4.74 Å². The van der Waals surface area contributed by atoms with Crippen molar-refractivity contribution >= 4 is 5.71 Å². The molecule has 0 saturated carbocycles. The second kappa shape index (κ2) is 4.37. The van der Waals surface area contributed by atoms with E-state index >= 15 is 0 Å². The number of aliphatic hydroxyl groups is 1. The standard InChI is InChI=1S/C13H17NO3/c1-13(2,15)8-17-10-4-5-11-9(7-10)3-6-12(11)14-16/h4-5,7,15-16H,3,6,8H2,1-2H3/b14-12+. The van der Waals surface area contributed by atoms with Crippen LogP contribution in [0.2, 0.25) is 0 Å². The van der Waals surface area contributed by atoms with E-state index in [1.807, 2.05) is 18.2 Å². The molecule has 0 spiro atoms. The van der Waals surface area contributed by atoms with E-state index in [1.54, 1.807) is 13.8 Å². The largest absolute Gasteiger partial charge is 0.491 e. The number of benzene rings is 1. The van der Waals surface area contributed by atoms with Gasteiger partial charge in [-0.25, -0.2) is 0 Å². The Hall–Kier alpha value is -1.55. The van der Waals surface area contributed by atoms with Crippen molar-refractivity contribution < 1.29 is 15.1 Å². The molecule has 1 aliphatic rings. The third kappa shape index (κ3) is 2.77. The van der Waals surface area contributed by atoms with Gasteiger partial charge >= 0.3 is 0 Å². The number of aryl methyl sites for hydroxylation is 1. The summed E-state index contributed by atoms with van der Waals surface area (Å²) >= 11 is 0. The molecule has 4 nitrogen and oxygen atoms in total. The van der Waals surface area contributed by atoms with Gasteiger partial charge in [0.2, 0.25) is 0 Å². The third-order valence-corrected chi connectivity index (χ3v) is 2.73. The first-order valence-electron chi connectivity index (χ1n) is 5.69. The van der Waals surface area contributed by atoms with Crippen molar-refractivity contribution in [2.45, 2.75) is 32.3 Å². The summed E-state index contributed by atoms with van der Waals surface area (Å²) in [5.74, 6) is 0.741. The smallest absolute Gasteiger partial charge is 0.119 e. The maximum Gasteiger partial charge on any atom is 0.119 e. The topological polar surface area (TPSA) is 62.0 Å². The Balaban J connectivity index is 2.13. The molecule has 2 rings (SSSR count). The summed E-state index contributed by atoms with van der Waals surface area (Å²) in [6.07, 6.45) is 1.63. The van der Waals surface area contributed by atoms with Gasteiger partial charge in [0.25, 0.3) is 0 Å². The molecule has 0 atom stereocenters. The van der Waals surface area contributed by atoms with Crippen molar-refractivity contribution in [2.75, 3.05) is 6.61 Å². The number of nitrogens with zero attached hydrogens (tertiary/aromatic N) is 1. The Kier molecular flexibility index (Phi) is 3.07. The Morgan fingerprint density at radius 1 is 1.35 bits per heavy atom. The molecule has 1 aliphatic carbocycles. The zero-order valence-electron chi connectivity index (χ0n) is 10.1. The number of oxime groups is 1. The van der Waals surface area contributed by atoms with Gasteiger partial charge in [-0.15, -0.1) is 0 Å². The summed E-state index contributed by atoms with van der Waals surface area (Å²) in [5, 5.41) is 21.7. The van der Waals surface area contributed by atoms with Crippen molar-refractivity contribution in [3.8, 4) is 5.75 Å². The minimum absolute atomic E-state index is 0.257. The van der Waals surface area contributed by atoms with Gasteiger partial charge in [0.15, 0.2) is 0 Å². The predicted octanol–water partition coefficient (Wildman–Crippen LogP) is 1.96. The van der Waals surface area contributed by atoms with Crippen LogP contribution in [0.15, 0.2) is 23.4 Å². The maximum atomic E-state index is 9.58. The van der Waals surface area contributed by atoms with Gasteiger partial charge in [0, 0.05) is 5.56 Å². The zero-order valence-corrected chi connectivity index (χ0v) is 10.1. The Morgan fingerprint density at radius 2 is 2.12 bits per heavy atom. The number of hydrogen-bond donors (Lipinski definition) is 2. The van der Waals surface area contributed by atoms with Crippen LogP contribution >= 0.6 is 0 Å². The van der Waals surface area contributed by atoms with Crippen LogP contribution in [0.25, 0.3) is 0 Å². The molecular formula is C13H17NO3. The van der Waals surface area contributed by atoms with Gasteiger partial charge in [0.05, 0.1) is 11.3 Å². The normalized spacial score (nSPS) is 17.2. The van der Waals surface area contributed by atoms with Gasteiger partial charge in [-0.2, -0.15) is 0 Å². The number of ether oxygens (including phenoxy) is 1. The molecule has 0 unspecified atom stereocenters. The zero-order chi connectivity index (χ0) is 12.5. The summed E-state index contributed by atoms with van der Waals surface area (Å²) in [6, 6.07) is 5.68. The summed E-state index contributed by atoms with van der Waals surface area (Å²) in [6.45, 7) is 3.67. The molecule has 0 aromatic heterocycles. The van der Waals surface area contributed by atoms with Gasteiger partial charge in [0.1, 0.15) is 12.4 Å². The molecule has 0 amide bonds. The van der Waals surface area contributed by atoms with E-state index in [0.717, 1.165) is 35.4 Å². The average molecular weight is 235 g/mol. The van der Waals surface area contributed by atoms with Crippen LogP contribution in [0, 0.1) is 0 Å². The molecule has 4 heteroatoms. The highest BCUT2D eigenvalue weighted by molar-refractivity contribution is 6.04. The van der Waals surface area contributed by atoms with Crippen LogP contribution in [-0.4, -0.2) is 28.2 Å². The molecule has 2 N–H and O–H groups in total. The summed E-state index contributed by atoms with van der Waals surface area (Å²) in [5.41, 5.74) is 2.01. The Morgan fingerprint density at radius 3 is 2.76 bits per heavy atom. The first kappa shape index (κ1) is 11.9. The van der Waals surface area contributed by atoms with Crippen LogP contribution in [0.5, 0.6) is 5.75 Å². The lowest BCUT2D eigenvalue weighted by molar-refractivity contribution is 0.0284. The fourth-order valence-electron chi connectivity index (χ4n) is 1.90. The van der Waals surface area contributed by atoms with Crippen molar-refractivity contribution in [2.24, 2.45) is 5.16 Å². The fraction of sp³-hybridized carbons (Fsp3) is 0.462. The van der Waals surface area contributed by atoms with Gasteiger partial charge < -0.3 is 15.1 Å². The third-order valence-electron chi connectivity index (χ3n) is 2.73. The molecule has 1 aromatic carbocycles. The maximum absolute atomic E-state index is 9.58. The van der Waals surface area contributed by atoms with Crippen LogP contribution in [-0.2, 0) is 6.42 Å². The van der Waals surface area contributed by atoms with Crippen molar-refractivity contribution in [3.05, 3.63) is 29.3 Å². The second-order valence-corrected chi connectivity index (χ2v) is 4.97. The van der Waals surface area contributed by atoms with E-state index in [2.05, 4.69) is 5.16 Å². The average Bonchev–Trinajstić information content (AvgIpc) is 2.67. The van der Waals surface area contributed by atoms with E-state index in [4.69, 9.17) is 9.94 Å². The highest BCUT2D eigenvalue weighted by Gasteiger charge is 2.19. The lowest BCUT2D eigenvalue weighted by atomic mass is 10.1. The quantitative estimate of drug-likeness (QED) is 0.622. The first-order valence-corrected chi connectivity index (χ1v) is 5.69. The molecule has 92 valence electrons. The van der Waals surface area contributed by atoms with Crippen molar-refractivity contribution in [1.82, 2.24) is 0 Å². The van der Waals surface area contributed by atoms with E-state index in [9.17, 15) is 5.11 Å². The minimum Gasteiger partial charge on any atom is -0.491 e. The predicted molar refractivity (Wildman–Crippen MR) is 64.9 cm³/mol. The Labute approximate surface area is 101 Å². The monoisotopic (exact) mass is 235 g/mol. The second-order valence-electron chi connectivity index (χ2n) is 4.97. The molecule has 17 heavy (non-hydrogen) atoms.